The van der Waals surface area contributed by atoms with E-state index in [2.05, 4.69) is 45.8 Å². The number of fused-ring (bicyclic) bond motifs is 1. The quantitative estimate of drug-likeness (QED) is 0.684. The zero-order valence-electron chi connectivity index (χ0n) is 10.6. The Kier molecular flexibility index (Phi) is 3.23. The van der Waals surface area contributed by atoms with Crippen molar-refractivity contribution in [2.75, 3.05) is 6.54 Å². The van der Waals surface area contributed by atoms with Crippen LogP contribution >= 0.6 is 11.3 Å². The molecule has 0 aliphatic carbocycles. The van der Waals surface area contributed by atoms with Gasteiger partial charge in [0, 0.05) is 4.88 Å². The minimum Gasteiger partial charge on any atom is -0.306 e. The lowest BCUT2D eigenvalue weighted by atomic mass is 10.0. The number of aromatic amines is 2. The molecule has 2 heterocycles. The van der Waals surface area contributed by atoms with Crippen molar-refractivity contribution in [2.24, 2.45) is 0 Å². The Hall–Kier alpha value is -1.85. The molecular weight excluding hydrogens is 258 g/mol. The van der Waals surface area contributed by atoms with Gasteiger partial charge in [-0.25, -0.2) is 4.79 Å². The Balaban J connectivity index is 2.06. The van der Waals surface area contributed by atoms with Gasteiger partial charge >= 0.3 is 5.69 Å². The molecule has 3 rings (SSSR count). The number of hydrogen-bond acceptors (Lipinski definition) is 3. The molecule has 0 saturated carbocycles. The van der Waals surface area contributed by atoms with Gasteiger partial charge in [0.2, 0.25) is 0 Å². The second-order valence-electron chi connectivity index (χ2n) is 4.39. The van der Waals surface area contributed by atoms with Crippen molar-refractivity contribution in [2.45, 2.75) is 13.0 Å². The highest BCUT2D eigenvalue weighted by atomic mass is 32.1. The first kappa shape index (κ1) is 12.2. The molecule has 0 saturated heterocycles. The van der Waals surface area contributed by atoms with Crippen molar-refractivity contribution >= 4 is 22.4 Å². The van der Waals surface area contributed by atoms with Gasteiger partial charge in [-0.2, -0.15) is 0 Å². The van der Waals surface area contributed by atoms with Crippen LogP contribution in [0.2, 0.25) is 0 Å². The highest BCUT2D eigenvalue weighted by Crippen LogP contribution is 2.27. The van der Waals surface area contributed by atoms with E-state index in [0.717, 1.165) is 23.1 Å². The third-order valence-electron chi connectivity index (χ3n) is 3.11. The van der Waals surface area contributed by atoms with Crippen LogP contribution < -0.4 is 11.0 Å². The minimum absolute atomic E-state index is 0.164. The summed E-state index contributed by atoms with van der Waals surface area (Å²) in [7, 11) is 0. The molecule has 0 bridgehead atoms. The van der Waals surface area contributed by atoms with Crippen molar-refractivity contribution < 1.29 is 0 Å². The average Bonchev–Trinajstić information content (AvgIpc) is 3.02. The van der Waals surface area contributed by atoms with E-state index in [1.807, 2.05) is 12.1 Å². The van der Waals surface area contributed by atoms with Gasteiger partial charge < -0.3 is 15.3 Å². The van der Waals surface area contributed by atoms with E-state index in [-0.39, 0.29) is 11.7 Å². The first-order valence-electron chi connectivity index (χ1n) is 6.26. The summed E-state index contributed by atoms with van der Waals surface area (Å²) in [6.45, 7) is 2.99. The lowest BCUT2D eigenvalue weighted by Gasteiger charge is -2.16. The van der Waals surface area contributed by atoms with Gasteiger partial charge in [0.15, 0.2) is 0 Å². The van der Waals surface area contributed by atoms with Crippen LogP contribution in [-0.2, 0) is 0 Å². The molecule has 1 atom stereocenters. The van der Waals surface area contributed by atoms with Gasteiger partial charge in [-0.3, -0.25) is 0 Å². The summed E-state index contributed by atoms with van der Waals surface area (Å²) < 4.78 is 0. The first-order chi connectivity index (χ1) is 9.28. The summed E-state index contributed by atoms with van der Waals surface area (Å²) in [5.41, 5.74) is 2.69. The number of hydrogen-bond donors (Lipinski definition) is 3. The maximum absolute atomic E-state index is 11.3. The van der Waals surface area contributed by atoms with Gasteiger partial charge in [-0.15, -0.1) is 11.3 Å². The second-order valence-corrected chi connectivity index (χ2v) is 5.37. The molecule has 2 aromatic heterocycles. The highest BCUT2D eigenvalue weighted by Gasteiger charge is 2.14. The highest BCUT2D eigenvalue weighted by molar-refractivity contribution is 7.10. The molecule has 5 heteroatoms. The van der Waals surface area contributed by atoms with Crippen molar-refractivity contribution in [3.63, 3.8) is 0 Å². The average molecular weight is 273 g/mol. The van der Waals surface area contributed by atoms with Crippen LogP contribution in [0.3, 0.4) is 0 Å². The zero-order chi connectivity index (χ0) is 13.2. The fourth-order valence-electron chi connectivity index (χ4n) is 2.27. The smallest absolute Gasteiger partial charge is 0.306 e. The lowest BCUT2D eigenvalue weighted by molar-refractivity contribution is 0.640. The van der Waals surface area contributed by atoms with Gasteiger partial charge in [0.05, 0.1) is 17.1 Å². The number of nitrogens with one attached hydrogen (secondary N) is 3. The molecular formula is C14H15N3OS. The molecule has 1 unspecified atom stereocenters. The molecule has 4 nitrogen and oxygen atoms in total. The molecule has 3 N–H and O–H groups in total. The van der Waals surface area contributed by atoms with Gasteiger partial charge in [-0.05, 0) is 35.7 Å². The van der Waals surface area contributed by atoms with Gasteiger partial charge in [0.1, 0.15) is 0 Å². The Morgan fingerprint density at radius 3 is 2.84 bits per heavy atom. The van der Waals surface area contributed by atoms with Crippen molar-refractivity contribution in [3.05, 3.63) is 56.6 Å². The van der Waals surface area contributed by atoms with Crippen molar-refractivity contribution in [1.29, 1.82) is 0 Å². The maximum atomic E-state index is 11.3. The largest absolute Gasteiger partial charge is 0.323 e. The molecule has 0 spiro atoms. The summed E-state index contributed by atoms with van der Waals surface area (Å²) in [4.78, 5) is 18.1. The van der Waals surface area contributed by atoms with E-state index in [1.165, 1.54) is 4.88 Å². The number of benzene rings is 1. The molecule has 3 aromatic rings. The van der Waals surface area contributed by atoms with Crippen LogP contribution in [0.15, 0.2) is 40.5 Å². The van der Waals surface area contributed by atoms with Crippen LogP contribution in [0.1, 0.15) is 23.4 Å². The molecule has 0 fully saturated rings. The fourth-order valence-corrected chi connectivity index (χ4v) is 3.10. The summed E-state index contributed by atoms with van der Waals surface area (Å²) in [5.74, 6) is 0. The Morgan fingerprint density at radius 2 is 2.11 bits per heavy atom. The van der Waals surface area contributed by atoms with Crippen LogP contribution in [-0.4, -0.2) is 16.5 Å². The maximum Gasteiger partial charge on any atom is 0.323 e. The zero-order valence-corrected chi connectivity index (χ0v) is 11.4. The van der Waals surface area contributed by atoms with Gasteiger partial charge in [0.25, 0.3) is 0 Å². The monoisotopic (exact) mass is 273 g/mol. The SMILES string of the molecule is CCNC(c1ccc2[nH]c(=O)[nH]c2c1)c1cccs1. The van der Waals surface area contributed by atoms with Crippen molar-refractivity contribution in [3.8, 4) is 0 Å². The second kappa shape index (κ2) is 5.03. The molecule has 0 radical (unpaired) electrons. The summed E-state index contributed by atoms with van der Waals surface area (Å²) in [6, 6.07) is 10.4. The normalized spacial score (nSPS) is 12.9. The van der Waals surface area contributed by atoms with Crippen LogP contribution in [0.25, 0.3) is 11.0 Å². The third-order valence-corrected chi connectivity index (χ3v) is 4.05. The van der Waals surface area contributed by atoms with E-state index in [0.29, 0.717) is 0 Å². The van der Waals surface area contributed by atoms with E-state index in [4.69, 9.17) is 0 Å². The predicted octanol–water partition coefficient (Wildman–Crippen LogP) is 2.62. The molecule has 0 aliphatic rings. The van der Waals surface area contributed by atoms with E-state index >= 15 is 0 Å². The number of rotatable bonds is 4. The summed E-state index contributed by atoms with van der Waals surface area (Å²) in [6.07, 6.45) is 0. The van der Waals surface area contributed by atoms with Crippen LogP contribution in [0.4, 0.5) is 0 Å². The van der Waals surface area contributed by atoms with E-state index < -0.39 is 0 Å². The Morgan fingerprint density at radius 1 is 1.26 bits per heavy atom. The molecule has 1 aromatic carbocycles. The third kappa shape index (κ3) is 2.34. The lowest BCUT2D eigenvalue weighted by Crippen LogP contribution is -2.20. The summed E-state index contributed by atoms with van der Waals surface area (Å²) >= 11 is 1.73. The predicted molar refractivity (Wildman–Crippen MR) is 78.8 cm³/mol. The topological polar surface area (TPSA) is 60.7 Å². The molecule has 0 aliphatic heterocycles. The van der Waals surface area contributed by atoms with E-state index in [9.17, 15) is 4.79 Å². The first-order valence-corrected chi connectivity index (χ1v) is 7.14. The van der Waals surface area contributed by atoms with E-state index in [1.54, 1.807) is 11.3 Å². The number of aromatic nitrogens is 2. The van der Waals surface area contributed by atoms with Crippen LogP contribution in [0, 0.1) is 0 Å². The fraction of sp³-hybridized carbons (Fsp3) is 0.214. The standard InChI is InChI=1S/C14H15N3OS/c1-2-15-13(12-4-3-7-19-12)9-5-6-10-11(8-9)17-14(18)16-10/h3-8,13,15H,2H2,1H3,(H2,16,17,18). The minimum atomic E-state index is -0.164. The molecule has 0 amide bonds. The molecule has 98 valence electrons. The number of H-pyrrole nitrogens is 2. The molecule has 19 heavy (non-hydrogen) atoms. The Labute approximate surface area is 114 Å². The Bertz CT molecular complexity index is 727. The van der Waals surface area contributed by atoms with Crippen molar-refractivity contribution in [1.82, 2.24) is 15.3 Å². The van der Waals surface area contributed by atoms with Crippen LogP contribution in [0.5, 0.6) is 0 Å². The summed E-state index contributed by atoms with van der Waals surface area (Å²) in [5, 5.41) is 5.56. The van der Waals surface area contributed by atoms with Gasteiger partial charge in [-0.1, -0.05) is 19.1 Å². The number of imidazole rings is 1. The number of thiophene rings is 1.